The van der Waals surface area contributed by atoms with Crippen LogP contribution < -0.4 is 11.1 Å². The van der Waals surface area contributed by atoms with Gasteiger partial charge in [0.15, 0.2) is 0 Å². The highest BCUT2D eigenvalue weighted by molar-refractivity contribution is 5.86. The zero-order chi connectivity index (χ0) is 21.3. The molecular weight excluding hydrogens is 382 g/mol. The van der Waals surface area contributed by atoms with E-state index in [1.807, 2.05) is 60.7 Å². The molecule has 0 spiro atoms. The normalized spacial score (nSPS) is 15.3. The summed E-state index contributed by atoms with van der Waals surface area (Å²) < 4.78 is 5.30. The second-order valence-electron chi connectivity index (χ2n) is 7.45. The molecule has 1 aliphatic heterocycles. The zero-order valence-electron chi connectivity index (χ0n) is 16.8. The molecule has 3 N–H and O–H groups in total. The van der Waals surface area contributed by atoms with Gasteiger partial charge in [-0.1, -0.05) is 60.7 Å². The van der Waals surface area contributed by atoms with Gasteiger partial charge < -0.3 is 20.7 Å². The molecule has 0 bridgehead atoms. The zero-order valence-corrected chi connectivity index (χ0v) is 16.8. The predicted octanol–water partition coefficient (Wildman–Crippen LogP) is 2.25. The maximum Gasteiger partial charge on any atom is 0.408 e. The molecule has 2 aromatic rings. The fourth-order valence-electron chi connectivity index (χ4n) is 3.56. The first kappa shape index (κ1) is 21.4. The third-order valence-corrected chi connectivity index (χ3v) is 5.29. The summed E-state index contributed by atoms with van der Waals surface area (Å²) in [6.07, 6.45) is 0.797. The molecular formula is C23H27N3O4. The number of nitrogens with zero attached hydrogens (tertiary/aromatic N) is 1. The Morgan fingerprint density at radius 3 is 2.10 bits per heavy atom. The van der Waals surface area contributed by atoms with Gasteiger partial charge in [0.25, 0.3) is 0 Å². The molecule has 0 radical (unpaired) electrons. The van der Waals surface area contributed by atoms with Crippen molar-refractivity contribution in [3.8, 4) is 0 Å². The van der Waals surface area contributed by atoms with E-state index < -0.39 is 12.1 Å². The highest BCUT2D eigenvalue weighted by atomic mass is 16.5. The van der Waals surface area contributed by atoms with E-state index in [-0.39, 0.29) is 24.3 Å². The number of amides is 3. The summed E-state index contributed by atoms with van der Waals surface area (Å²) in [5, 5.41) is 2.72. The molecule has 1 fully saturated rings. The molecule has 158 valence electrons. The Hall–Kier alpha value is -3.35. The van der Waals surface area contributed by atoms with Gasteiger partial charge in [0.1, 0.15) is 12.6 Å². The lowest BCUT2D eigenvalue weighted by molar-refractivity contribution is -0.136. The van der Waals surface area contributed by atoms with Gasteiger partial charge in [-0.05, 0) is 24.0 Å². The summed E-state index contributed by atoms with van der Waals surface area (Å²) in [6, 6.07) is 18.1. The minimum absolute atomic E-state index is 0.128. The number of primary amides is 1. The molecule has 3 amide bonds. The maximum atomic E-state index is 13.1. The first-order valence-corrected chi connectivity index (χ1v) is 10.1. The van der Waals surface area contributed by atoms with Crippen molar-refractivity contribution in [1.29, 1.82) is 0 Å². The third kappa shape index (κ3) is 6.07. The molecule has 2 aromatic carbocycles. The summed E-state index contributed by atoms with van der Waals surface area (Å²) in [5.41, 5.74) is 7.19. The molecule has 30 heavy (non-hydrogen) atoms. The van der Waals surface area contributed by atoms with E-state index in [0.29, 0.717) is 32.4 Å². The fraction of sp³-hybridized carbons (Fsp3) is 0.348. The van der Waals surface area contributed by atoms with Gasteiger partial charge in [-0.25, -0.2) is 4.79 Å². The van der Waals surface area contributed by atoms with Crippen molar-refractivity contribution in [3.05, 3.63) is 71.8 Å². The summed E-state index contributed by atoms with van der Waals surface area (Å²) in [4.78, 5) is 38.6. The van der Waals surface area contributed by atoms with E-state index in [0.717, 1.165) is 11.1 Å². The second-order valence-corrected chi connectivity index (χ2v) is 7.45. The number of nitrogens with two attached hydrogens (primary N) is 1. The van der Waals surface area contributed by atoms with Crippen LogP contribution in [0.2, 0.25) is 0 Å². The van der Waals surface area contributed by atoms with Gasteiger partial charge in [0, 0.05) is 25.4 Å². The molecule has 1 atom stereocenters. The van der Waals surface area contributed by atoms with Crippen LogP contribution in [0.4, 0.5) is 4.79 Å². The van der Waals surface area contributed by atoms with Crippen molar-refractivity contribution >= 4 is 17.9 Å². The summed E-state index contributed by atoms with van der Waals surface area (Å²) in [5.74, 6) is -0.714. The van der Waals surface area contributed by atoms with Crippen LogP contribution in [0.15, 0.2) is 60.7 Å². The Morgan fingerprint density at radius 2 is 1.53 bits per heavy atom. The number of piperidine rings is 1. The van der Waals surface area contributed by atoms with Crippen LogP contribution in [0.1, 0.15) is 24.0 Å². The monoisotopic (exact) mass is 409 g/mol. The molecule has 1 saturated heterocycles. The van der Waals surface area contributed by atoms with Crippen LogP contribution >= 0.6 is 0 Å². The first-order chi connectivity index (χ1) is 14.5. The fourth-order valence-corrected chi connectivity index (χ4v) is 3.56. The van der Waals surface area contributed by atoms with Gasteiger partial charge in [-0.3, -0.25) is 9.59 Å². The van der Waals surface area contributed by atoms with Crippen molar-refractivity contribution < 1.29 is 19.1 Å². The number of hydrogen-bond donors (Lipinski definition) is 2. The number of ether oxygens (including phenoxy) is 1. The molecule has 0 saturated carbocycles. The molecule has 0 unspecified atom stereocenters. The molecule has 0 aromatic heterocycles. The summed E-state index contributed by atoms with van der Waals surface area (Å²) in [7, 11) is 0. The van der Waals surface area contributed by atoms with E-state index in [1.165, 1.54) is 0 Å². The highest BCUT2D eigenvalue weighted by Gasteiger charge is 2.31. The molecule has 7 nitrogen and oxygen atoms in total. The highest BCUT2D eigenvalue weighted by Crippen LogP contribution is 2.18. The van der Waals surface area contributed by atoms with Gasteiger partial charge in [0.05, 0.1) is 0 Å². The minimum atomic E-state index is -0.749. The van der Waals surface area contributed by atoms with Gasteiger partial charge in [-0.2, -0.15) is 0 Å². The lowest BCUT2D eigenvalue weighted by atomic mass is 9.95. The lowest BCUT2D eigenvalue weighted by Crippen LogP contribution is -2.52. The molecule has 1 heterocycles. The molecule has 0 aliphatic carbocycles. The van der Waals surface area contributed by atoms with E-state index >= 15 is 0 Å². The summed E-state index contributed by atoms with van der Waals surface area (Å²) >= 11 is 0. The second kappa shape index (κ2) is 10.4. The van der Waals surface area contributed by atoms with Crippen LogP contribution in [0.5, 0.6) is 0 Å². The van der Waals surface area contributed by atoms with Crippen LogP contribution in [0.3, 0.4) is 0 Å². The Balaban J connectivity index is 1.63. The Bertz CT molecular complexity index is 849. The molecule has 1 aliphatic rings. The number of benzene rings is 2. The van der Waals surface area contributed by atoms with Crippen molar-refractivity contribution in [1.82, 2.24) is 10.2 Å². The SMILES string of the molecule is NC(=O)C1CCN(C(=O)[C@H](Cc2ccccc2)NC(=O)OCc2ccccc2)CC1. The first-order valence-electron chi connectivity index (χ1n) is 10.1. The summed E-state index contributed by atoms with van der Waals surface area (Å²) in [6.45, 7) is 1.01. The maximum absolute atomic E-state index is 13.1. The third-order valence-electron chi connectivity index (χ3n) is 5.29. The minimum Gasteiger partial charge on any atom is -0.445 e. The average Bonchev–Trinajstić information content (AvgIpc) is 2.78. The van der Waals surface area contributed by atoms with Crippen molar-refractivity contribution in [2.75, 3.05) is 13.1 Å². The number of hydrogen-bond acceptors (Lipinski definition) is 4. The average molecular weight is 409 g/mol. The number of rotatable bonds is 7. The quantitative estimate of drug-likeness (QED) is 0.732. The molecule has 3 rings (SSSR count). The van der Waals surface area contributed by atoms with Crippen molar-refractivity contribution in [2.24, 2.45) is 11.7 Å². The molecule has 7 heteroatoms. The predicted molar refractivity (Wildman–Crippen MR) is 112 cm³/mol. The van der Waals surface area contributed by atoms with Crippen LogP contribution in [0, 0.1) is 5.92 Å². The van der Waals surface area contributed by atoms with Gasteiger partial charge in [-0.15, -0.1) is 0 Å². The number of carbonyl (C=O) groups excluding carboxylic acids is 3. The van der Waals surface area contributed by atoms with Crippen molar-refractivity contribution in [3.63, 3.8) is 0 Å². The Labute approximate surface area is 176 Å². The van der Waals surface area contributed by atoms with Crippen molar-refractivity contribution in [2.45, 2.75) is 31.9 Å². The number of likely N-dealkylation sites (tertiary alicyclic amines) is 1. The smallest absolute Gasteiger partial charge is 0.408 e. The van der Waals surface area contributed by atoms with Crippen LogP contribution in [-0.4, -0.2) is 41.9 Å². The van der Waals surface area contributed by atoms with E-state index in [1.54, 1.807) is 4.90 Å². The van der Waals surface area contributed by atoms with Gasteiger partial charge >= 0.3 is 6.09 Å². The number of carbonyl (C=O) groups is 3. The van der Waals surface area contributed by atoms with Gasteiger partial charge in [0.2, 0.25) is 11.8 Å². The largest absolute Gasteiger partial charge is 0.445 e. The standard InChI is InChI=1S/C23H27N3O4/c24-21(27)19-11-13-26(14-12-19)22(28)20(15-17-7-3-1-4-8-17)25-23(29)30-16-18-9-5-2-6-10-18/h1-10,19-20H,11-16H2,(H2,24,27)(H,25,29)/t20-/m0/s1. The number of alkyl carbamates (subject to hydrolysis) is 1. The van der Waals surface area contributed by atoms with E-state index in [9.17, 15) is 14.4 Å². The Kier molecular flexibility index (Phi) is 7.43. The lowest BCUT2D eigenvalue weighted by Gasteiger charge is -2.33. The number of nitrogens with one attached hydrogen (secondary N) is 1. The van der Waals surface area contributed by atoms with E-state index in [4.69, 9.17) is 10.5 Å². The topological polar surface area (TPSA) is 102 Å². The van der Waals surface area contributed by atoms with Crippen LogP contribution in [-0.2, 0) is 27.4 Å². The Morgan fingerprint density at radius 1 is 0.967 bits per heavy atom. The van der Waals surface area contributed by atoms with Crippen LogP contribution in [0.25, 0.3) is 0 Å². The van der Waals surface area contributed by atoms with E-state index in [2.05, 4.69) is 5.32 Å².